The number of allylic oxidation sites excluding steroid dienone is 2. The second-order valence-corrected chi connectivity index (χ2v) is 6.90. The molecule has 4 rings (SSSR count). The summed E-state index contributed by atoms with van der Waals surface area (Å²) in [6, 6.07) is 24.0. The number of carbonyl (C=O) groups is 1. The van der Waals surface area contributed by atoms with Crippen LogP contribution in [0.15, 0.2) is 100 Å². The van der Waals surface area contributed by atoms with Crippen molar-refractivity contribution >= 4 is 28.9 Å². The van der Waals surface area contributed by atoms with E-state index in [9.17, 15) is 9.59 Å². The lowest BCUT2D eigenvalue weighted by molar-refractivity contribution is -0.110. The summed E-state index contributed by atoms with van der Waals surface area (Å²) in [5, 5.41) is 0.841. The molecule has 0 radical (unpaired) electrons. The van der Waals surface area contributed by atoms with Gasteiger partial charge in [-0.25, -0.2) is 4.79 Å². The fourth-order valence-corrected chi connectivity index (χ4v) is 3.34. The second-order valence-electron chi connectivity index (χ2n) is 6.90. The van der Waals surface area contributed by atoms with Crippen LogP contribution in [-0.4, -0.2) is 12.9 Å². The standard InChI is InChI=1S/C27H20O4/c1-30-22-16-11-19(12-17-22)10-14-21(28)15-13-20-6-2-3-7-23(20)25-18-27(29)31-26-9-5-4-8-24(25)26/h2-18H,1H3. The van der Waals surface area contributed by atoms with Gasteiger partial charge in [0.1, 0.15) is 11.3 Å². The van der Waals surface area contributed by atoms with Gasteiger partial charge in [0, 0.05) is 17.0 Å². The average Bonchev–Trinajstić information content (AvgIpc) is 2.81. The predicted molar refractivity (Wildman–Crippen MR) is 124 cm³/mol. The van der Waals surface area contributed by atoms with Gasteiger partial charge in [-0.05, 0) is 47.0 Å². The molecule has 152 valence electrons. The Morgan fingerprint density at radius 2 is 1.55 bits per heavy atom. The van der Waals surface area contributed by atoms with E-state index in [2.05, 4.69) is 0 Å². The van der Waals surface area contributed by atoms with Crippen LogP contribution in [0, 0.1) is 0 Å². The number of fused-ring (bicyclic) bond motifs is 1. The number of carbonyl (C=O) groups excluding carboxylic acids is 1. The largest absolute Gasteiger partial charge is 0.497 e. The van der Waals surface area contributed by atoms with Crippen molar-refractivity contribution in [2.45, 2.75) is 0 Å². The minimum absolute atomic E-state index is 0.136. The van der Waals surface area contributed by atoms with Gasteiger partial charge in [0.2, 0.25) is 0 Å². The van der Waals surface area contributed by atoms with E-state index < -0.39 is 5.63 Å². The minimum atomic E-state index is -0.411. The number of ether oxygens (including phenoxy) is 1. The van der Waals surface area contributed by atoms with Crippen molar-refractivity contribution < 1.29 is 13.9 Å². The Balaban J connectivity index is 1.62. The normalized spacial score (nSPS) is 11.4. The minimum Gasteiger partial charge on any atom is -0.497 e. The molecule has 0 amide bonds. The molecule has 0 saturated heterocycles. The maximum absolute atomic E-state index is 12.4. The fourth-order valence-electron chi connectivity index (χ4n) is 3.34. The molecule has 0 saturated carbocycles. The Morgan fingerprint density at radius 3 is 2.35 bits per heavy atom. The molecule has 31 heavy (non-hydrogen) atoms. The Hall–Kier alpha value is -4.18. The van der Waals surface area contributed by atoms with Crippen molar-refractivity contribution in [3.05, 3.63) is 113 Å². The number of methoxy groups -OCH3 is 1. The monoisotopic (exact) mass is 408 g/mol. The van der Waals surface area contributed by atoms with Crippen LogP contribution in [-0.2, 0) is 4.79 Å². The van der Waals surface area contributed by atoms with Gasteiger partial charge in [-0.3, -0.25) is 4.79 Å². The quantitative estimate of drug-likeness (QED) is 0.300. The smallest absolute Gasteiger partial charge is 0.336 e. The number of para-hydroxylation sites is 1. The van der Waals surface area contributed by atoms with Crippen LogP contribution >= 0.6 is 0 Å². The molecule has 0 fully saturated rings. The highest BCUT2D eigenvalue weighted by atomic mass is 16.5. The van der Waals surface area contributed by atoms with Gasteiger partial charge < -0.3 is 9.15 Å². The van der Waals surface area contributed by atoms with Gasteiger partial charge in [-0.1, -0.05) is 66.7 Å². The molecule has 4 nitrogen and oxygen atoms in total. The number of hydrogen-bond acceptors (Lipinski definition) is 4. The summed E-state index contributed by atoms with van der Waals surface area (Å²) in [6.45, 7) is 0. The Morgan fingerprint density at radius 1 is 0.839 bits per heavy atom. The van der Waals surface area contributed by atoms with Crippen LogP contribution in [0.3, 0.4) is 0 Å². The molecular formula is C27H20O4. The molecule has 0 bridgehead atoms. The summed E-state index contributed by atoms with van der Waals surface area (Å²) in [5.74, 6) is 0.630. The third-order valence-electron chi connectivity index (χ3n) is 4.88. The maximum atomic E-state index is 12.4. The Bertz CT molecular complexity index is 1340. The zero-order valence-electron chi connectivity index (χ0n) is 16.9. The first-order valence-electron chi connectivity index (χ1n) is 9.80. The van der Waals surface area contributed by atoms with E-state index in [0.717, 1.165) is 33.4 Å². The summed E-state index contributed by atoms with van der Waals surface area (Å²) in [5.41, 5.74) is 3.49. The van der Waals surface area contributed by atoms with E-state index in [-0.39, 0.29) is 5.78 Å². The lowest BCUT2D eigenvalue weighted by atomic mass is 9.96. The van der Waals surface area contributed by atoms with Crippen LogP contribution in [0.25, 0.3) is 34.2 Å². The summed E-state index contributed by atoms with van der Waals surface area (Å²) in [7, 11) is 1.61. The van der Waals surface area contributed by atoms with Gasteiger partial charge in [0.15, 0.2) is 5.78 Å². The Kier molecular flexibility index (Phi) is 5.90. The Labute approximate surface area is 179 Å². The van der Waals surface area contributed by atoms with Crippen molar-refractivity contribution in [2.75, 3.05) is 7.11 Å². The maximum Gasteiger partial charge on any atom is 0.336 e. The first kappa shape index (κ1) is 20.1. The van der Waals surface area contributed by atoms with E-state index in [0.29, 0.717) is 5.58 Å². The highest BCUT2D eigenvalue weighted by Gasteiger charge is 2.10. The molecule has 0 aliphatic carbocycles. The highest BCUT2D eigenvalue weighted by molar-refractivity contribution is 6.05. The van der Waals surface area contributed by atoms with E-state index in [4.69, 9.17) is 9.15 Å². The van der Waals surface area contributed by atoms with Crippen LogP contribution in [0.2, 0.25) is 0 Å². The molecule has 0 aliphatic rings. The number of benzene rings is 3. The number of rotatable bonds is 6. The number of ketones is 1. The van der Waals surface area contributed by atoms with Crippen molar-refractivity contribution in [1.82, 2.24) is 0 Å². The molecular weight excluding hydrogens is 388 g/mol. The second kappa shape index (κ2) is 9.09. The molecule has 1 heterocycles. The molecule has 0 aliphatic heterocycles. The third kappa shape index (κ3) is 4.70. The first-order chi connectivity index (χ1) is 15.1. The summed E-state index contributed by atoms with van der Waals surface area (Å²) >= 11 is 0. The van der Waals surface area contributed by atoms with E-state index in [1.54, 1.807) is 25.3 Å². The lowest BCUT2D eigenvalue weighted by Crippen LogP contribution is -1.98. The summed E-state index contributed by atoms with van der Waals surface area (Å²) in [6.07, 6.45) is 6.56. The third-order valence-corrected chi connectivity index (χ3v) is 4.88. The molecule has 0 N–H and O–H groups in total. The van der Waals surface area contributed by atoms with Crippen LogP contribution < -0.4 is 10.4 Å². The average molecular weight is 408 g/mol. The van der Waals surface area contributed by atoms with Crippen molar-refractivity contribution in [3.63, 3.8) is 0 Å². The zero-order valence-corrected chi connectivity index (χ0v) is 16.9. The zero-order chi connectivity index (χ0) is 21.6. The fraction of sp³-hybridized carbons (Fsp3) is 0.0370. The molecule has 4 aromatic rings. The van der Waals surface area contributed by atoms with Crippen molar-refractivity contribution in [3.8, 4) is 16.9 Å². The van der Waals surface area contributed by atoms with Gasteiger partial charge >= 0.3 is 5.63 Å². The SMILES string of the molecule is COc1ccc(C=CC(=O)C=Cc2ccccc2-c2cc(=O)oc3ccccc23)cc1. The molecule has 0 spiro atoms. The van der Waals surface area contributed by atoms with Crippen LogP contribution in [0.4, 0.5) is 0 Å². The first-order valence-corrected chi connectivity index (χ1v) is 9.80. The van der Waals surface area contributed by atoms with Crippen molar-refractivity contribution in [1.29, 1.82) is 0 Å². The summed E-state index contributed by atoms with van der Waals surface area (Å²) < 4.78 is 10.4. The van der Waals surface area contributed by atoms with E-state index in [1.807, 2.05) is 66.7 Å². The topological polar surface area (TPSA) is 56.5 Å². The van der Waals surface area contributed by atoms with Crippen LogP contribution in [0.1, 0.15) is 11.1 Å². The molecule has 3 aromatic carbocycles. The molecule has 4 heteroatoms. The van der Waals surface area contributed by atoms with Gasteiger partial charge in [0.05, 0.1) is 7.11 Å². The molecule has 1 aromatic heterocycles. The number of hydrogen-bond donors (Lipinski definition) is 0. The predicted octanol–water partition coefficient (Wildman–Crippen LogP) is 5.76. The van der Waals surface area contributed by atoms with Crippen molar-refractivity contribution in [2.24, 2.45) is 0 Å². The van der Waals surface area contributed by atoms with Gasteiger partial charge in [0.25, 0.3) is 0 Å². The molecule has 0 unspecified atom stereocenters. The van der Waals surface area contributed by atoms with Gasteiger partial charge in [-0.2, -0.15) is 0 Å². The highest BCUT2D eigenvalue weighted by Crippen LogP contribution is 2.30. The lowest BCUT2D eigenvalue weighted by Gasteiger charge is -2.08. The molecule has 0 atom stereocenters. The summed E-state index contributed by atoms with van der Waals surface area (Å²) in [4.78, 5) is 24.4. The van der Waals surface area contributed by atoms with Gasteiger partial charge in [-0.15, -0.1) is 0 Å². The van der Waals surface area contributed by atoms with E-state index in [1.165, 1.54) is 18.2 Å². The van der Waals surface area contributed by atoms with Crippen LogP contribution in [0.5, 0.6) is 5.75 Å². The van der Waals surface area contributed by atoms with E-state index >= 15 is 0 Å².